The van der Waals surface area contributed by atoms with Crippen LogP contribution >= 0.6 is 0 Å². The molecular formula is C22H22N6O. The lowest BCUT2D eigenvalue weighted by Gasteiger charge is -2.15. The van der Waals surface area contributed by atoms with Crippen molar-refractivity contribution >= 4 is 16.8 Å². The largest absolute Gasteiger partial charge is 0.374 e. The minimum Gasteiger partial charge on any atom is -0.374 e. The molecule has 4 aromatic rings. The van der Waals surface area contributed by atoms with E-state index >= 15 is 0 Å². The summed E-state index contributed by atoms with van der Waals surface area (Å²) in [7, 11) is 0. The molecule has 1 saturated carbocycles. The Kier molecular flexibility index (Phi) is 4.49. The van der Waals surface area contributed by atoms with E-state index in [1.54, 1.807) is 6.20 Å². The lowest BCUT2D eigenvalue weighted by atomic mass is 9.93. The summed E-state index contributed by atoms with van der Waals surface area (Å²) in [6, 6.07) is 11.8. The van der Waals surface area contributed by atoms with E-state index in [0.29, 0.717) is 24.0 Å². The Bertz CT molecular complexity index is 1200. The molecule has 1 aliphatic rings. The van der Waals surface area contributed by atoms with Gasteiger partial charge in [-0.25, -0.2) is 4.98 Å². The van der Waals surface area contributed by atoms with Gasteiger partial charge in [-0.15, -0.1) is 10.2 Å². The Hall–Kier alpha value is -3.24. The van der Waals surface area contributed by atoms with Crippen LogP contribution in [0.25, 0.3) is 16.8 Å². The van der Waals surface area contributed by atoms with Gasteiger partial charge in [0, 0.05) is 12.1 Å². The van der Waals surface area contributed by atoms with Crippen molar-refractivity contribution in [2.45, 2.75) is 44.8 Å². The summed E-state index contributed by atoms with van der Waals surface area (Å²) in [6.07, 6.45) is 6.84. The van der Waals surface area contributed by atoms with E-state index in [0.717, 1.165) is 47.5 Å². The molecule has 0 bridgehead atoms. The number of hydrogen-bond acceptors (Lipinski definition) is 5. The second-order valence-corrected chi connectivity index (χ2v) is 7.71. The maximum Gasteiger partial charge on any atom is 0.179 e. The quantitative estimate of drug-likeness (QED) is 0.560. The third kappa shape index (κ3) is 3.15. The number of aromatic nitrogens is 5. The minimum atomic E-state index is 0.173. The number of nitriles is 1. The highest BCUT2D eigenvalue weighted by molar-refractivity contribution is 5.74. The summed E-state index contributed by atoms with van der Waals surface area (Å²) in [4.78, 5) is 7.58. The first-order valence-corrected chi connectivity index (χ1v) is 10.0. The van der Waals surface area contributed by atoms with Crippen molar-refractivity contribution in [3.8, 4) is 6.07 Å². The van der Waals surface area contributed by atoms with Crippen LogP contribution in [0.1, 0.15) is 49.1 Å². The summed E-state index contributed by atoms with van der Waals surface area (Å²) in [5.74, 6) is 1.79. The number of fused-ring (bicyclic) bond motifs is 3. The monoisotopic (exact) mass is 386 g/mol. The first-order chi connectivity index (χ1) is 14.3. The molecule has 146 valence electrons. The van der Waals surface area contributed by atoms with Gasteiger partial charge in [0.25, 0.3) is 0 Å². The third-order valence-electron chi connectivity index (χ3n) is 6.02. The molecule has 0 aliphatic heterocycles. The van der Waals surface area contributed by atoms with E-state index in [9.17, 15) is 0 Å². The molecule has 0 saturated heterocycles. The molecule has 29 heavy (non-hydrogen) atoms. The molecule has 0 amide bonds. The summed E-state index contributed by atoms with van der Waals surface area (Å²) < 4.78 is 8.38. The zero-order valence-corrected chi connectivity index (χ0v) is 16.2. The molecule has 3 aromatic heterocycles. The van der Waals surface area contributed by atoms with Crippen LogP contribution < -0.4 is 0 Å². The van der Waals surface area contributed by atoms with E-state index in [1.165, 1.54) is 0 Å². The van der Waals surface area contributed by atoms with E-state index in [1.807, 2.05) is 36.5 Å². The number of H-pyrrole nitrogens is 1. The van der Waals surface area contributed by atoms with Crippen molar-refractivity contribution in [2.24, 2.45) is 5.92 Å². The highest BCUT2D eigenvalue weighted by atomic mass is 16.5. The molecule has 0 spiro atoms. The summed E-state index contributed by atoms with van der Waals surface area (Å²) in [5, 5.41) is 18.0. The van der Waals surface area contributed by atoms with Crippen LogP contribution in [-0.4, -0.2) is 30.7 Å². The maximum atomic E-state index is 9.08. The van der Waals surface area contributed by atoms with Gasteiger partial charge in [0.1, 0.15) is 5.82 Å². The normalized spacial score (nSPS) is 21.7. The van der Waals surface area contributed by atoms with Crippen LogP contribution in [0.2, 0.25) is 0 Å². The molecule has 1 fully saturated rings. The number of nitrogens with zero attached hydrogens (tertiary/aromatic N) is 5. The number of ether oxygens (including phenoxy) is 1. The smallest absolute Gasteiger partial charge is 0.179 e. The second-order valence-electron chi connectivity index (χ2n) is 7.71. The van der Waals surface area contributed by atoms with Crippen LogP contribution in [-0.2, 0) is 11.3 Å². The standard InChI is InChI=1S/C22H22N6O/c1-2-16-9-17(29-13-15-5-3-4-14(8-15)11-23)10-18(16)22-27-26-20-12-25-21-19(28(20)22)6-7-24-21/h3-8,12,16-18,24H,2,9-10,13H2,1H3/t16-,17-,18+/m0/s1. The third-order valence-corrected chi connectivity index (χ3v) is 6.02. The number of hydrogen-bond donors (Lipinski definition) is 1. The van der Waals surface area contributed by atoms with Crippen LogP contribution in [0.3, 0.4) is 0 Å². The average molecular weight is 386 g/mol. The maximum absolute atomic E-state index is 9.08. The van der Waals surface area contributed by atoms with Gasteiger partial charge in [0.05, 0.1) is 36.1 Å². The number of benzene rings is 1. The van der Waals surface area contributed by atoms with Crippen LogP contribution in [0.4, 0.5) is 0 Å². The van der Waals surface area contributed by atoms with Gasteiger partial charge < -0.3 is 9.72 Å². The van der Waals surface area contributed by atoms with Crippen molar-refractivity contribution in [2.75, 3.05) is 0 Å². The van der Waals surface area contributed by atoms with E-state index in [2.05, 4.69) is 37.6 Å². The lowest BCUT2D eigenvalue weighted by molar-refractivity contribution is 0.0422. The molecule has 7 heteroatoms. The zero-order chi connectivity index (χ0) is 19.8. The number of aromatic amines is 1. The molecule has 3 heterocycles. The SMILES string of the molecule is CC[C@H]1C[C@H](OCc2cccc(C#N)c2)C[C@H]1c1nnc2cnc3[nH]ccc3n12. The Morgan fingerprint density at radius 3 is 3.07 bits per heavy atom. The molecule has 1 N–H and O–H groups in total. The highest BCUT2D eigenvalue weighted by Crippen LogP contribution is 2.42. The molecule has 1 aromatic carbocycles. The first kappa shape index (κ1) is 17.8. The minimum absolute atomic E-state index is 0.173. The Morgan fingerprint density at radius 2 is 2.21 bits per heavy atom. The van der Waals surface area contributed by atoms with Crippen molar-refractivity contribution in [1.82, 2.24) is 24.6 Å². The van der Waals surface area contributed by atoms with Gasteiger partial charge >= 0.3 is 0 Å². The van der Waals surface area contributed by atoms with Gasteiger partial charge in [0.15, 0.2) is 11.3 Å². The fourth-order valence-electron chi connectivity index (χ4n) is 4.56. The van der Waals surface area contributed by atoms with Crippen LogP contribution in [0, 0.1) is 17.2 Å². The number of rotatable bonds is 5. The molecule has 7 nitrogen and oxygen atoms in total. The van der Waals surface area contributed by atoms with Crippen molar-refractivity contribution in [3.63, 3.8) is 0 Å². The molecular weight excluding hydrogens is 364 g/mol. The Morgan fingerprint density at radius 1 is 1.28 bits per heavy atom. The van der Waals surface area contributed by atoms with E-state index in [4.69, 9.17) is 10.00 Å². The second kappa shape index (κ2) is 7.30. The zero-order valence-electron chi connectivity index (χ0n) is 16.2. The van der Waals surface area contributed by atoms with Crippen molar-refractivity contribution in [3.05, 3.63) is 59.7 Å². The summed E-state index contributed by atoms with van der Waals surface area (Å²) >= 11 is 0. The predicted molar refractivity (Wildman–Crippen MR) is 108 cm³/mol. The molecule has 3 atom stereocenters. The Balaban J connectivity index is 1.39. The summed E-state index contributed by atoms with van der Waals surface area (Å²) in [6.45, 7) is 2.75. The lowest BCUT2D eigenvalue weighted by Crippen LogP contribution is -2.10. The van der Waals surface area contributed by atoms with E-state index in [-0.39, 0.29) is 6.10 Å². The van der Waals surface area contributed by atoms with Crippen molar-refractivity contribution in [1.29, 1.82) is 5.26 Å². The summed E-state index contributed by atoms with van der Waals surface area (Å²) in [5.41, 5.74) is 4.33. The fourth-order valence-corrected chi connectivity index (χ4v) is 4.56. The molecule has 5 rings (SSSR count). The molecule has 1 aliphatic carbocycles. The van der Waals surface area contributed by atoms with Crippen molar-refractivity contribution < 1.29 is 4.74 Å². The average Bonchev–Trinajstić information content (AvgIpc) is 3.48. The Labute approximate surface area is 168 Å². The highest BCUT2D eigenvalue weighted by Gasteiger charge is 2.37. The van der Waals surface area contributed by atoms with Gasteiger partial charge in [0.2, 0.25) is 0 Å². The fraction of sp³-hybridized carbons (Fsp3) is 0.364. The van der Waals surface area contributed by atoms with Gasteiger partial charge in [-0.1, -0.05) is 25.5 Å². The van der Waals surface area contributed by atoms with Gasteiger partial charge in [-0.05, 0) is 42.5 Å². The molecule has 0 unspecified atom stereocenters. The first-order valence-electron chi connectivity index (χ1n) is 10.0. The van der Waals surface area contributed by atoms with Crippen LogP contribution in [0.5, 0.6) is 0 Å². The van der Waals surface area contributed by atoms with E-state index < -0.39 is 0 Å². The van der Waals surface area contributed by atoms with Gasteiger partial charge in [-0.2, -0.15) is 5.26 Å². The topological polar surface area (TPSA) is 91.9 Å². The predicted octanol–water partition coefficient (Wildman–Crippen LogP) is 3.97. The molecule has 0 radical (unpaired) electrons. The number of nitrogens with one attached hydrogen (secondary N) is 1. The van der Waals surface area contributed by atoms with Gasteiger partial charge in [-0.3, -0.25) is 4.40 Å². The van der Waals surface area contributed by atoms with Crippen LogP contribution in [0.15, 0.2) is 42.7 Å².